The highest BCUT2D eigenvalue weighted by Crippen LogP contribution is 1.46. The SMILES string of the molecule is BC[SH](=O)=O. The summed E-state index contributed by atoms with van der Waals surface area (Å²) in [6, 6.07) is 0. The molecule has 0 aromatic heterocycles. The van der Waals surface area contributed by atoms with Gasteiger partial charge in [-0.05, 0) is 0 Å². The third kappa shape index (κ3) is 4.01. The Kier molecular flexibility index (Phi) is 2.27. The second-order valence-electron chi connectivity index (χ2n) is 0.649. The van der Waals surface area contributed by atoms with E-state index in [-0.39, 0.29) is 5.65 Å². The van der Waals surface area contributed by atoms with Crippen LogP contribution in [0, 0.1) is 0 Å². The number of rotatable bonds is 1. The van der Waals surface area contributed by atoms with Crippen LogP contribution in [0.3, 0.4) is 0 Å². The first-order valence-corrected chi connectivity index (χ1v) is 2.75. The van der Waals surface area contributed by atoms with Crippen molar-refractivity contribution in [2.45, 2.75) is 0 Å². The molecule has 0 spiro atoms. The summed E-state index contributed by atoms with van der Waals surface area (Å²) in [7, 11) is -0.495. The molecule has 0 bridgehead atoms. The quantitative estimate of drug-likeness (QED) is 0.305. The maximum absolute atomic E-state index is 9.41. The van der Waals surface area contributed by atoms with Crippen LogP contribution < -0.4 is 0 Å². The molecule has 0 fully saturated rings. The number of hydrogen-bond acceptors (Lipinski definition) is 2. The van der Waals surface area contributed by atoms with Crippen LogP contribution >= 0.6 is 0 Å². The Morgan fingerprint density at radius 2 is 1.80 bits per heavy atom. The molecule has 0 aliphatic heterocycles. The van der Waals surface area contributed by atoms with Gasteiger partial charge in [0, 0.05) is 5.65 Å². The standard InChI is InChI=1S/CH5BO2S/c2-1-5(3)4/h5H,1-2H2. The first-order valence-electron chi connectivity index (χ1n) is 1.39. The van der Waals surface area contributed by atoms with Gasteiger partial charge in [0.25, 0.3) is 0 Å². The lowest BCUT2D eigenvalue weighted by Crippen LogP contribution is -1.80. The molecule has 4 heteroatoms. The summed E-state index contributed by atoms with van der Waals surface area (Å²) in [6.07, 6.45) is 0. The van der Waals surface area contributed by atoms with Gasteiger partial charge in [-0.3, -0.25) is 0 Å². The van der Waals surface area contributed by atoms with Gasteiger partial charge in [-0.2, -0.15) is 0 Å². The van der Waals surface area contributed by atoms with E-state index in [9.17, 15) is 8.42 Å². The van der Waals surface area contributed by atoms with E-state index >= 15 is 0 Å². The minimum Gasteiger partial charge on any atom is -0.233 e. The number of hydrogen-bond donors (Lipinski definition) is 1. The van der Waals surface area contributed by atoms with Crippen molar-refractivity contribution in [2.24, 2.45) is 0 Å². The molecular formula is CH5BO2S. The van der Waals surface area contributed by atoms with Gasteiger partial charge < -0.3 is 0 Å². The third-order valence-electron chi connectivity index (χ3n) is 0.258. The fourth-order valence-electron chi connectivity index (χ4n) is 0. The van der Waals surface area contributed by atoms with E-state index in [1.807, 2.05) is 0 Å². The van der Waals surface area contributed by atoms with Gasteiger partial charge >= 0.3 is 0 Å². The van der Waals surface area contributed by atoms with Gasteiger partial charge in [0.1, 0.15) is 18.6 Å². The smallest absolute Gasteiger partial charge is 0.132 e. The molecule has 0 aliphatic rings. The maximum Gasteiger partial charge on any atom is 0.132 e. The fourth-order valence-corrected chi connectivity index (χ4v) is 0. The van der Waals surface area contributed by atoms with Crippen molar-refractivity contribution in [1.82, 2.24) is 0 Å². The van der Waals surface area contributed by atoms with E-state index in [1.54, 1.807) is 7.85 Å². The zero-order valence-electron chi connectivity index (χ0n) is 2.97. The summed E-state index contributed by atoms with van der Waals surface area (Å²) in [6.45, 7) is 0. The van der Waals surface area contributed by atoms with Gasteiger partial charge in [-0.1, -0.05) is 0 Å². The largest absolute Gasteiger partial charge is 0.233 e. The monoisotopic (exact) mass is 92.0 g/mol. The van der Waals surface area contributed by atoms with Crippen molar-refractivity contribution in [2.75, 3.05) is 5.65 Å². The Balaban J connectivity index is 3.23. The predicted molar refractivity (Wildman–Crippen MR) is 23.7 cm³/mol. The normalized spacial score (nSPS) is 9.00. The van der Waals surface area contributed by atoms with Gasteiger partial charge in [0.2, 0.25) is 0 Å². The molecule has 0 amide bonds. The first-order chi connectivity index (χ1) is 2.27. The molecule has 0 radical (unpaired) electrons. The highest BCUT2D eigenvalue weighted by Gasteiger charge is 1.66. The fraction of sp³-hybridized carbons (Fsp3) is 1.00. The van der Waals surface area contributed by atoms with Crippen LogP contribution in [0.2, 0.25) is 0 Å². The Morgan fingerprint density at radius 3 is 1.80 bits per heavy atom. The van der Waals surface area contributed by atoms with Crippen molar-refractivity contribution in [1.29, 1.82) is 0 Å². The van der Waals surface area contributed by atoms with Gasteiger partial charge in [0.05, 0.1) is 0 Å². The lowest BCUT2D eigenvalue weighted by atomic mass is 10.2. The molecule has 5 heavy (non-hydrogen) atoms. The number of thiol groups is 1. The van der Waals surface area contributed by atoms with Crippen molar-refractivity contribution in [3.8, 4) is 0 Å². The van der Waals surface area contributed by atoms with Gasteiger partial charge in [0.15, 0.2) is 0 Å². The van der Waals surface area contributed by atoms with Crippen molar-refractivity contribution in [3.05, 3.63) is 0 Å². The first kappa shape index (κ1) is 5.01. The van der Waals surface area contributed by atoms with E-state index < -0.39 is 10.7 Å². The Morgan fingerprint density at radius 1 is 1.60 bits per heavy atom. The van der Waals surface area contributed by atoms with E-state index in [4.69, 9.17) is 0 Å². The summed E-state index contributed by atoms with van der Waals surface area (Å²) >= 11 is 0. The highest BCUT2D eigenvalue weighted by molar-refractivity contribution is 7.73. The highest BCUT2D eigenvalue weighted by atomic mass is 32.2. The summed E-state index contributed by atoms with van der Waals surface area (Å²) in [4.78, 5) is 0. The molecule has 0 saturated heterocycles. The molecule has 0 unspecified atom stereocenters. The Bertz CT molecular complexity index is 67.7. The van der Waals surface area contributed by atoms with Gasteiger partial charge in [-0.25, -0.2) is 8.42 Å². The van der Waals surface area contributed by atoms with E-state index in [2.05, 4.69) is 0 Å². The second kappa shape index (κ2) is 2.26. The molecule has 30 valence electrons. The summed E-state index contributed by atoms with van der Waals surface area (Å²) in [5.74, 6) is 0. The van der Waals surface area contributed by atoms with E-state index in [0.29, 0.717) is 0 Å². The van der Waals surface area contributed by atoms with Crippen LogP contribution in [0.5, 0.6) is 0 Å². The van der Waals surface area contributed by atoms with E-state index in [0.717, 1.165) is 0 Å². The maximum atomic E-state index is 9.41. The third-order valence-corrected chi connectivity index (χ3v) is 0.775. The molecule has 0 atom stereocenters. The molecule has 0 aromatic carbocycles. The lowest BCUT2D eigenvalue weighted by molar-refractivity contribution is 0.618. The minimum absolute atomic E-state index is 0.259. The summed E-state index contributed by atoms with van der Waals surface area (Å²) < 4.78 is 18.8. The van der Waals surface area contributed by atoms with Crippen LogP contribution in [0.15, 0.2) is 0 Å². The molecule has 0 heterocycles. The Labute approximate surface area is 33.5 Å². The molecule has 0 N–H and O–H groups in total. The zero-order valence-corrected chi connectivity index (χ0v) is 3.87. The van der Waals surface area contributed by atoms with Crippen LogP contribution in [0.1, 0.15) is 0 Å². The van der Waals surface area contributed by atoms with Crippen LogP contribution in [-0.4, -0.2) is 21.9 Å². The van der Waals surface area contributed by atoms with Crippen LogP contribution in [0.4, 0.5) is 0 Å². The van der Waals surface area contributed by atoms with Crippen LogP contribution in [-0.2, 0) is 10.7 Å². The van der Waals surface area contributed by atoms with Crippen LogP contribution in [0.25, 0.3) is 0 Å². The summed E-state index contributed by atoms with van der Waals surface area (Å²) in [5, 5.41) is 0. The van der Waals surface area contributed by atoms with Gasteiger partial charge in [-0.15, -0.1) is 0 Å². The average Bonchev–Trinajstić information content (AvgIpc) is 1.38. The molecular weight excluding hydrogens is 86.9 g/mol. The van der Waals surface area contributed by atoms with Crippen molar-refractivity contribution >= 4 is 18.6 Å². The Hall–Kier alpha value is 0.0149. The zero-order chi connectivity index (χ0) is 4.28. The minimum atomic E-state index is -2.10. The van der Waals surface area contributed by atoms with Crippen molar-refractivity contribution < 1.29 is 8.42 Å². The molecule has 0 rings (SSSR count). The van der Waals surface area contributed by atoms with E-state index in [1.165, 1.54) is 0 Å². The molecule has 0 aromatic rings. The predicted octanol–water partition coefficient (Wildman–Crippen LogP) is -1.81. The molecule has 2 nitrogen and oxygen atoms in total. The topological polar surface area (TPSA) is 34.1 Å². The second-order valence-corrected chi connectivity index (χ2v) is 1.95. The lowest BCUT2D eigenvalue weighted by Gasteiger charge is -1.59. The average molecular weight is 91.9 g/mol. The van der Waals surface area contributed by atoms with Crippen molar-refractivity contribution in [3.63, 3.8) is 0 Å². The molecule has 0 aliphatic carbocycles. The molecule has 0 saturated carbocycles. The summed E-state index contributed by atoms with van der Waals surface area (Å²) in [5.41, 5.74) is 0.259.